The zero-order valence-corrected chi connectivity index (χ0v) is 8.41. The van der Waals surface area contributed by atoms with Crippen LogP contribution in [-0.4, -0.2) is 11.9 Å². The molecular formula is C11H12N2O2. The molecule has 78 valence electrons. The van der Waals surface area contributed by atoms with Gasteiger partial charge in [-0.1, -0.05) is 30.9 Å². The molecule has 0 spiro atoms. The highest BCUT2D eigenvalue weighted by Gasteiger charge is 2.22. The summed E-state index contributed by atoms with van der Waals surface area (Å²) in [4.78, 5) is 22.0. The molecule has 4 nitrogen and oxygen atoms in total. The van der Waals surface area contributed by atoms with Gasteiger partial charge in [-0.05, 0) is 18.6 Å². The van der Waals surface area contributed by atoms with E-state index in [9.17, 15) is 9.59 Å². The van der Waals surface area contributed by atoms with Crippen LogP contribution in [-0.2, 0) is 4.79 Å². The maximum Gasteiger partial charge on any atom is 0.326 e. The second-order valence-electron chi connectivity index (χ2n) is 2.86. The van der Waals surface area contributed by atoms with E-state index in [1.165, 1.54) is 0 Å². The van der Waals surface area contributed by atoms with Gasteiger partial charge in [0, 0.05) is 0 Å². The minimum Gasteiger partial charge on any atom is -0.303 e. The van der Waals surface area contributed by atoms with Crippen molar-refractivity contribution in [2.75, 3.05) is 0 Å². The Balaban J connectivity index is 2.89. The summed E-state index contributed by atoms with van der Waals surface area (Å²) in [6.45, 7) is 5.49. The summed E-state index contributed by atoms with van der Waals surface area (Å²) in [5.41, 5.74) is 0.983. The van der Waals surface area contributed by atoms with Crippen molar-refractivity contribution in [2.45, 2.75) is 6.92 Å². The average molecular weight is 204 g/mol. The molecule has 1 aliphatic heterocycles. The first-order chi connectivity index (χ1) is 7.17. The molecule has 1 fully saturated rings. The van der Waals surface area contributed by atoms with E-state index in [1.807, 2.05) is 19.1 Å². The lowest BCUT2D eigenvalue weighted by Crippen LogP contribution is -2.22. The summed E-state index contributed by atoms with van der Waals surface area (Å²) >= 11 is 0. The molecule has 0 aliphatic carbocycles. The Morgan fingerprint density at radius 2 is 2.07 bits per heavy atom. The third kappa shape index (κ3) is 2.95. The van der Waals surface area contributed by atoms with Crippen LogP contribution in [0.3, 0.4) is 0 Å². The summed E-state index contributed by atoms with van der Waals surface area (Å²) < 4.78 is 0. The average Bonchev–Trinajstić information content (AvgIpc) is 2.52. The van der Waals surface area contributed by atoms with Gasteiger partial charge in [0.2, 0.25) is 0 Å². The fraction of sp³-hybridized carbons (Fsp3) is 0.0909. The lowest BCUT2D eigenvalue weighted by molar-refractivity contribution is -0.115. The largest absolute Gasteiger partial charge is 0.326 e. The molecule has 1 rings (SSSR count). The van der Waals surface area contributed by atoms with Gasteiger partial charge in [-0.25, -0.2) is 4.79 Å². The highest BCUT2D eigenvalue weighted by Crippen LogP contribution is 2.05. The van der Waals surface area contributed by atoms with E-state index in [0.717, 1.165) is 5.57 Å². The Hall–Kier alpha value is -2.10. The van der Waals surface area contributed by atoms with Gasteiger partial charge >= 0.3 is 6.03 Å². The maximum absolute atomic E-state index is 11.2. The number of hydrogen-bond acceptors (Lipinski definition) is 2. The number of allylic oxidation sites excluding steroid dienone is 6. The molecule has 1 saturated heterocycles. The molecule has 0 unspecified atom stereocenters. The lowest BCUT2D eigenvalue weighted by Gasteiger charge is -1.94. The second-order valence-corrected chi connectivity index (χ2v) is 2.86. The van der Waals surface area contributed by atoms with E-state index in [4.69, 9.17) is 0 Å². The zero-order valence-electron chi connectivity index (χ0n) is 8.41. The van der Waals surface area contributed by atoms with Crippen LogP contribution in [0.15, 0.2) is 48.2 Å². The fourth-order valence-corrected chi connectivity index (χ4v) is 1.03. The van der Waals surface area contributed by atoms with Gasteiger partial charge in [0.25, 0.3) is 5.91 Å². The molecule has 0 radical (unpaired) electrons. The highest BCUT2D eigenvalue weighted by molar-refractivity contribution is 6.11. The smallest absolute Gasteiger partial charge is 0.303 e. The fourth-order valence-electron chi connectivity index (χ4n) is 1.03. The van der Waals surface area contributed by atoms with Crippen molar-refractivity contribution in [1.29, 1.82) is 0 Å². The number of nitrogens with one attached hydrogen (secondary N) is 2. The number of hydrogen-bond donors (Lipinski definition) is 2. The van der Waals surface area contributed by atoms with E-state index in [2.05, 4.69) is 17.2 Å². The lowest BCUT2D eigenvalue weighted by atomic mass is 10.2. The maximum atomic E-state index is 11.2. The number of carbonyl (C=O) groups is 2. The molecule has 3 amide bonds. The van der Waals surface area contributed by atoms with Crippen LogP contribution in [0.2, 0.25) is 0 Å². The molecular weight excluding hydrogens is 192 g/mol. The molecule has 0 saturated carbocycles. The number of amides is 3. The Morgan fingerprint density at radius 1 is 1.33 bits per heavy atom. The van der Waals surface area contributed by atoms with Crippen LogP contribution in [0.25, 0.3) is 0 Å². The SMILES string of the molecule is C=CC(=C\C=C/C)/C=C1/NC(=O)NC1=O. The highest BCUT2D eigenvalue weighted by atomic mass is 16.2. The summed E-state index contributed by atoms with van der Waals surface area (Å²) in [7, 11) is 0. The first kappa shape index (κ1) is 11.0. The van der Waals surface area contributed by atoms with E-state index in [1.54, 1.807) is 18.2 Å². The van der Waals surface area contributed by atoms with Crippen molar-refractivity contribution in [1.82, 2.24) is 10.6 Å². The van der Waals surface area contributed by atoms with Crippen molar-refractivity contribution in [2.24, 2.45) is 0 Å². The Morgan fingerprint density at radius 3 is 2.53 bits per heavy atom. The molecule has 1 aliphatic rings. The molecule has 0 atom stereocenters. The summed E-state index contributed by atoms with van der Waals surface area (Å²) in [5.74, 6) is -0.423. The van der Waals surface area contributed by atoms with Crippen molar-refractivity contribution >= 4 is 11.9 Å². The van der Waals surface area contributed by atoms with Crippen molar-refractivity contribution in [3.8, 4) is 0 Å². The summed E-state index contributed by atoms with van der Waals surface area (Å²) in [5, 5.41) is 4.51. The van der Waals surface area contributed by atoms with Crippen LogP contribution in [0, 0.1) is 0 Å². The van der Waals surface area contributed by atoms with Crippen LogP contribution in [0.4, 0.5) is 4.79 Å². The molecule has 15 heavy (non-hydrogen) atoms. The van der Waals surface area contributed by atoms with Crippen molar-refractivity contribution < 1.29 is 9.59 Å². The third-order valence-electron chi connectivity index (χ3n) is 1.75. The van der Waals surface area contributed by atoms with Gasteiger partial charge < -0.3 is 5.32 Å². The number of rotatable bonds is 3. The summed E-state index contributed by atoms with van der Waals surface area (Å²) in [6, 6.07) is -0.499. The number of urea groups is 1. The first-order valence-corrected chi connectivity index (χ1v) is 4.47. The first-order valence-electron chi connectivity index (χ1n) is 4.47. The third-order valence-corrected chi connectivity index (χ3v) is 1.75. The Labute approximate surface area is 88.0 Å². The van der Waals surface area contributed by atoms with Crippen LogP contribution in [0.1, 0.15) is 6.92 Å². The van der Waals surface area contributed by atoms with E-state index in [-0.39, 0.29) is 5.70 Å². The van der Waals surface area contributed by atoms with E-state index < -0.39 is 11.9 Å². The van der Waals surface area contributed by atoms with Gasteiger partial charge in [-0.3, -0.25) is 10.1 Å². The Bertz CT molecular complexity index is 389. The molecule has 1 heterocycles. The molecule has 0 aromatic heterocycles. The number of imide groups is 1. The monoisotopic (exact) mass is 204 g/mol. The van der Waals surface area contributed by atoms with Crippen molar-refractivity contribution in [3.05, 3.63) is 48.2 Å². The predicted molar refractivity (Wildman–Crippen MR) is 57.9 cm³/mol. The minimum absolute atomic E-state index is 0.232. The van der Waals surface area contributed by atoms with E-state index in [0.29, 0.717) is 0 Å². The van der Waals surface area contributed by atoms with Crippen LogP contribution in [0.5, 0.6) is 0 Å². The second kappa shape index (κ2) is 4.95. The van der Waals surface area contributed by atoms with Gasteiger partial charge in [-0.2, -0.15) is 0 Å². The van der Waals surface area contributed by atoms with Crippen LogP contribution >= 0.6 is 0 Å². The van der Waals surface area contributed by atoms with E-state index >= 15 is 0 Å². The van der Waals surface area contributed by atoms with Gasteiger partial charge in [-0.15, -0.1) is 0 Å². The molecule has 0 aromatic rings. The summed E-state index contributed by atoms with van der Waals surface area (Å²) in [6.07, 6.45) is 8.63. The van der Waals surface area contributed by atoms with Gasteiger partial charge in [0.15, 0.2) is 0 Å². The normalized spacial score (nSPS) is 19.5. The molecule has 0 bridgehead atoms. The van der Waals surface area contributed by atoms with Crippen molar-refractivity contribution in [3.63, 3.8) is 0 Å². The quantitative estimate of drug-likeness (QED) is 0.414. The number of carbonyl (C=O) groups excluding carboxylic acids is 2. The molecule has 2 N–H and O–H groups in total. The Kier molecular flexibility index (Phi) is 3.62. The minimum atomic E-state index is -0.499. The zero-order chi connectivity index (χ0) is 11.3. The topological polar surface area (TPSA) is 58.2 Å². The van der Waals surface area contributed by atoms with Gasteiger partial charge in [0.1, 0.15) is 5.70 Å². The molecule has 0 aromatic carbocycles. The standard InChI is InChI=1S/C11H12N2O2/c1-3-5-6-8(4-2)7-9-10(14)13-11(15)12-9/h3-7H,2H2,1H3,(H2,12,13,14,15)/b5-3-,8-6+,9-7+. The predicted octanol–water partition coefficient (Wildman–Crippen LogP) is 1.40. The molecule has 4 heteroatoms. The van der Waals surface area contributed by atoms with Crippen LogP contribution < -0.4 is 10.6 Å². The van der Waals surface area contributed by atoms with Gasteiger partial charge in [0.05, 0.1) is 0 Å².